The molecule has 1 aliphatic rings. The van der Waals surface area contributed by atoms with Crippen molar-refractivity contribution in [1.29, 1.82) is 0 Å². The second kappa shape index (κ2) is 7.65. The third-order valence-electron chi connectivity index (χ3n) is 3.95. The van der Waals surface area contributed by atoms with Gasteiger partial charge in [-0.2, -0.15) is 0 Å². The average molecular weight is 355 g/mol. The van der Waals surface area contributed by atoms with Crippen molar-refractivity contribution in [1.82, 2.24) is 4.90 Å². The number of methoxy groups -OCH3 is 1. The van der Waals surface area contributed by atoms with Gasteiger partial charge in [0, 0.05) is 12.6 Å². The maximum atomic E-state index is 12.3. The van der Waals surface area contributed by atoms with Crippen LogP contribution in [-0.4, -0.2) is 63.0 Å². The maximum absolute atomic E-state index is 12.3. The van der Waals surface area contributed by atoms with Crippen molar-refractivity contribution in [2.24, 2.45) is 0 Å². The number of carbonyl (C=O) groups is 2. The van der Waals surface area contributed by atoms with Gasteiger partial charge in [0.2, 0.25) is 0 Å². The van der Waals surface area contributed by atoms with Gasteiger partial charge >= 0.3 is 5.97 Å². The number of hydrogen-bond donors (Lipinski definition) is 0. The average Bonchev–Trinajstić information content (AvgIpc) is 2.93. The first-order chi connectivity index (χ1) is 11.4. The zero-order valence-corrected chi connectivity index (χ0v) is 14.5. The first-order valence-electron chi connectivity index (χ1n) is 7.67. The fourth-order valence-electron chi connectivity index (χ4n) is 2.69. The maximum Gasteiger partial charge on any atom is 0.337 e. The van der Waals surface area contributed by atoms with Crippen LogP contribution in [0.15, 0.2) is 24.3 Å². The van der Waals surface area contributed by atoms with Crippen LogP contribution in [0.5, 0.6) is 5.75 Å². The van der Waals surface area contributed by atoms with Gasteiger partial charge in [-0.1, -0.05) is 0 Å². The third kappa shape index (κ3) is 4.47. The molecule has 0 radical (unpaired) electrons. The van der Waals surface area contributed by atoms with Crippen LogP contribution in [0.2, 0.25) is 0 Å². The number of rotatable bonds is 6. The lowest BCUT2D eigenvalue weighted by molar-refractivity contribution is -0.135. The van der Waals surface area contributed by atoms with Gasteiger partial charge in [-0.3, -0.25) is 4.79 Å². The first-order valence-corrected chi connectivity index (χ1v) is 9.49. The van der Waals surface area contributed by atoms with E-state index in [1.165, 1.54) is 7.11 Å². The van der Waals surface area contributed by atoms with Crippen LogP contribution in [0.4, 0.5) is 0 Å². The van der Waals surface area contributed by atoms with E-state index >= 15 is 0 Å². The Balaban J connectivity index is 1.93. The van der Waals surface area contributed by atoms with E-state index in [9.17, 15) is 18.0 Å². The highest BCUT2D eigenvalue weighted by molar-refractivity contribution is 7.91. The fraction of sp³-hybridized carbons (Fsp3) is 0.500. The summed E-state index contributed by atoms with van der Waals surface area (Å²) in [5.41, 5.74) is 0.391. The Kier molecular flexibility index (Phi) is 5.82. The van der Waals surface area contributed by atoms with Crippen molar-refractivity contribution in [3.8, 4) is 5.75 Å². The fourth-order valence-corrected chi connectivity index (χ4v) is 4.42. The summed E-state index contributed by atoms with van der Waals surface area (Å²) in [6.45, 7) is 2.07. The number of nitrogens with zero attached hydrogens (tertiary/aromatic N) is 1. The van der Waals surface area contributed by atoms with Gasteiger partial charge in [0.15, 0.2) is 16.4 Å². The zero-order chi connectivity index (χ0) is 17.7. The van der Waals surface area contributed by atoms with E-state index in [2.05, 4.69) is 4.74 Å². The number of ether oxygens (including phenoxy) is 2. The molecule has 1 fully saturated rings. The van der Waals surface area contributed by atoms with E-state index in [4.69, 9.17) is 4.74 Å². The number of esters is 1. The molecule has 0 unspecified atom stereocenters. The molecule has 1 atom stereocenters. The van der Waals surface area contributed by atoms with Crippen molar-refractivity contribution < 1.29 is 27.5 Å². The second-order valence-corrected chi connectivity index (χ2v) is 7.77. The molecule has 24 heavy (non-hydrogen) atoms. The van der Waals surface area contributed by atoms with Gasteiger partial charge in [0.25, 0.3) is 5.91 Å². The monoisotopic (exact) mass is 355 g/mol. The number of benzene rings is 1. The van der Waals surface area contributed by atoms with Crippen LogP contribution in [0.1, 0.15) is 23.7 Å². The lowest BCUT2D eigenvalue weighted by Gasteiger charge is -2.26. The molecule has 1 saturated heterocycles. The van der Waals surface area contributed by atoms with Gasteiger partial charge in [-0.05, 0) is 37.6 Å². The Morgan fingerprint density at radius 1 is 1.25 bits per heavy atom. The molecule has 1 amide bonds. The van der Waals surface area contributed by atoms with E-state index in [1.54, 1.807) is 29.2 Å². The highest BCUT2D eigenvalue weighted by atomic mass is 32.2. The van der Waals surface area contributed by atoms with E-state index in [-0.39, 0.29) is 30.1 Å². The summed E-state index contributed by atoms with van der Waals surface area (Å²) in [4.78, 5) is 25.2. The minimum absolute atomic E-state index is 0.0143. The summed E-state index contributed by atoms with van der Waals surface area (Å²) in [6.07, 6.45) is 0.468. The SMILES string of the molecule is CCN(C(=O)COc1ccc(C(=O)OC)cc1)[C@H]1CCS(=O)(=O)C1. The molecule has 132 valence electrons. The van der Waals surface area contributed by atoms with Gasteiger partial charge < -0.3 is 14.4 Å². The molecule has 2 rings (SSSR count). The third-order valence-corrected chi connectivity index (χ3v) is 5.70. The minimum Gasteiger partial charge on any atom is -0.484 e. The Bertz CT molecular complexity index is 698. The quantitative estimate of drug-likeness (QED) is 0.704. The number of amides is 1. The molecule has 1 aromatic rings. The van der Waals surface area contributed by atoms with Crippen LogP contribution in [0.25, 0.3) is 0 Å². The number of likely N-dealkylation sites (N-methyl/N-ethyl adjacent to an activating group) is 1. The van der Waals surface area contributed by atoms with Crippen molar-refractivity contribution in [3.63, 3.8) is 0 Å². The molecule has 1 aromatic carbocycles. The van der Waals surface area contributed by atoms with Crippen LogP contribution in [-0.2, 0) is 19.4 Å². The predicted octanol–water partition coefficient (Wildman–Crippen LogP) is 0.888. The summed E-state index contributed by atoms with van der Waals surface area (Å²) in [6, 6.07) is 5.98. The van der Waals surface area contributed by atoms with Gasteiger partial charge in [0.1, 0.15) is 5.75 Å². The molecule has 0 aliphatic carbocycles. The molecular formula is C16H21NO6S. The molecule has 0 bridgehead atoms. The Morgan fingerprint density at radius 3 is 2.42 bits per heavy atom. The van der Waals surface area contributed by atoms with Crippen molar-refractivity contribution in [2.45, 2.75) is 19.4 Å². The lowest BCUT2D eigenvalue weighted by Crippen LogP contribution is -2.43. The van der Waals surface area contributed by atoms with Gasteiger partial charge in [-0.15, -0.1) is 0 Å². The minimum atomic E-state index is -3.05. The van der Waals surface area contributed by atoms with Crippen LogP contribution in [0.3, 0.4) is 0 Å². The molecule has 1 heterocycles. The number of carbonyl (C=O) groups excluding carboxylic acids is 2. The van der Waals surface area contributed by atoms with E-state index in [0.717, 1.165) is 0 Å². The highest BCUT2D eigenvalue weighted by Crippen LogP contribution is 2.18. The van der Waals surface area contributed by atoms with Crippen molar-refractivity contribution in [3.05, 3.63) is 29.8 Å². The number of sulfone groups is 1. The molecular weight excluding hydrogens is 334 g/mol. The Morgan fingerprint density at radius 2 is 1.92 bits per heavy atom. The number of hydrogen-bond acceptors (Lipinski definition) is 6. The van der Waals surface area contributed by atoms with Crippen LogP contribution >= 0.6 is 0 Å². The highest BCUT2D eigenvalue weighted by Gasteiger charge is 2.33. The summed E-state index contributed by atoms with van der Waals surface area (Å²) in [5, 5.41) is 0. The summed E-state index contributed by atoms with van der Waals surface area (Å²) >= 11 is 0. The second-order valence-electron chi connectivity index (χ2n) is 5.54. The molecule has 0 saturated carbocycles. The lowest BCUT2D eigenvalue weighted by atomic mass is 10.2. The van der Waals surface area contributed by atoms with Crippen LogP contribution < -0.4 is 4.74 Å². The predicted molar refractivity (Wildman–Crippen MR) is 87.7 cm³/mol. The van der Waals surface area contributed by atoms with Gasteiger partial charge in [0.05, 0.1) is 24.2 Å². The van der Waals surface area contributed by atoms with E-state index < -0.39 is 15.8 Å². The van der Waals surface area contributed by atoms with E-state index in [0.29, 0.717) is 24.3 Å². The topological polar surface area (TPSA) is 90.0 Å². The molecule has 1 aliphatic heterocycles. The van der Waals surface area contributed by atoms with Crippen molar-refractivity contribution >= 4 is 21.7 Å². The molecule has 7 nitrogen and oxygen atoms in total. The Hall–Kier alpha value is -2.09. The molecule has 0 aromatic heterocycles. The molecule has 0 spiro atoms. The zero-order valence-electron chi connectivity index (χ0n) is 13.7. The van der Waals surface area contributed by atoms with Crippen molar-refractivity contribution in [2.75, 3.05) is 31.8 Å². The van der Waals surface area contributed by atoms with Gasteiger partial charge in [-0.25, -0.2) is 13.2 Å². The van der Waals surface area contributed by atoms with E-state index in [1.807, 2.05) is 6.92 Å². The van der Waals surface area contributed by atoms with Crippen LogP contribution in [0, 0.1) is 0 Å². The molecule has 0 N–H and O–H groups in total. The summed E-state index contributed by atoms with van der Waals surface area (Å²) in [7, 11) is -1.75. The Labute approximate surface area is 141 Å². The summed E-state index contributed by atoms with van der Waals surface area (Å²) in [5.74, 6) is -0.113. The first kappa shape index (κ1) is 18.3. The summed E-state index contributed by atoms with van der Waals surface area (Å²) < 4.78 is 33.2. The largest absolute Gasteiger partial charge is 0.484 e. The normalized spacial score (nSPS) is 18.8. The molecule has 8 heteroatoms. The smallest absolute Gasteiger partial charge is 0.337 e. The standard InChI is InChI=1S/C16H21NO6S/c1-3-17(13-8-9-24(20,21)11-13)15(18)10-23-14-6-4-12(5-7-14)16(19)22-2/h4-7,13H,3,8-11H2,1-2H3/t13-/m0/s1.